The van der Waals surface area contributed by atoms with Crippen molar-refractivity contribution in [2.75, 3.05) is 0 Å². The zero-order valence-electron chi connectivity index (χ0n) is 8.12. The maximum atomic E-state index is 12.0. The molecule has 3 aliphatic carbocycles. The Balaban J connectivity index is 2.03. The summed E-state index contributed by atoms with van der Waals surface area (Å²) in [6.07, 6.45) is 7.29. The number of hydrogen-bond donors (Lipinski definition) is 0. The van der Waals surface area contributed by atoms with Gasteiger partial charge in [-0.3, -0.25) is 4.79 Å². The minimum Gasteiger partial charge on any atom is -0.299 e. The number of rotatable bonds is 0. The predicted octanol–water partition coefficient (Wildman–Crippen LogP) is 2.57. The van der Waals surface area contributed by atoms with Crippen molar-refractivity contribution in [2.45, 2.75) is 32.6 Å². The van der Waals surface area contributed by atoms with E-state index < -0.39 is 0 Å². The first kappa shape index (κ1) is 7.78. The number of carbonyl (C=O) groups is 1. The maximum Gasteiger partial charge on any atom is 0.140 e. The molecule has 0 radical (unpaired) electrons. The van der Waals surface area contributed by atoms with Crippen LogP contribution in [0.1, 0.15) is 32.6 Å². The second kappa shape index (κ2) is 2.46. The number of Topliss-reactive ketones (excluding diaryl/α,β-unsaturated/α-hetero) is 1. The van der Waals surface area contributed by atoms with Crippen LogP contribution < -0.4 is 0 Å². The summed E-state index contributed by atoms with van der Waals surface area (Å²) in [5.41, 5.74) is 1.51. The smallest absolute Gasteiger partial charge is 0.140 e. The summed E-state index contributed by atoms with van der Waals surface area (Å²) in [6, 6.07) is 0. The first-order valence-corrected chi connectivity index (χ1v) is 5.49. The average Bonchev–Trinajstić information content (AvgIpc) is 2.43. The van der Waals surface area contributed by atoms with E-state index in [-0.39, 0.29) is 0 Å². The van der Waals surface area contributed by atoms with Crippen LogP contribution in [0.15, 0.2) is 11.6 Å². The van der Waals surface area contributed by atoms with Gasteiger partial charge in [0.15, 0.2) is 0 Å². The van der Waals surface area contributed by atoms with E-state index in [4.69, 9.17) is 0 Å². The second-order valence-corrected chi connectivity index (χ2v) is 4.96. The molecule has 0 aliphatic heterocycles. The Bertz CT molecular complexity index is 289. The average molecular weight is 176 g/mol. The lowest BCUT2D eigenvalue weighted by Gasteiger charge is -2.38. The fourth-order valence-corrected chi connectivity index (χ4v) is 3.71. The lowest BCUT2D eigenvalue weighted by molar-refractivity contribution is -0.134. The molecule has 0 aromatic rings. The third-order valence-electron chi connectivity index (χ3n) is 4.35. The maximum absolute atomic E-state index is 12.0. The van der Waals surface area contributed by atoms with Crippen LogP contribution in [0.3, 0.4) is 0 Å². The predicted molar refractivity (Wildman–Crippen MR) is 51.2 cm³/mol. The van der Waals surface area contributed by atoms with Crippen molar-refractivity contribution in [1.82, 2.24) is 0 Å². The standard InChI is InChI=1S/C12H16O/c1-7-5-8-6-11(7)10-4-2-3-9(8)12(10)13/h5,8-11H,2-4,6H2,1H3/t8-,9+,10-,11-/m0/s1. The Labute approximate surface area is 79.2 Å². The molecule has 2 saturated carbocycles. The van der Waals surface area contributed by atoms with Gasteiger partial charge in [0.25, 0.3) is 0 Å². The van der Waals surface area contributed by atoms with E-state index in [2.05, 4.69) is 13.0 Å². The largest absolute Gasteiger partial charge is 0.299 e. The Morgan fingerprint density at radius 1 is 1.23 bits per heavy atom. The van der Waals surface area contributed by atoms with Crippen LogP contribution in [0, 0.1) is 23.7 Å². The molecule has 0 aromatic carbocycles. The summed E-state index contributed by atoms with van der Waals surface area (Å²) in [5, 5.41) is 0. The van der Waals surface area contributed by atoms with E-state index in [1.165, 1.54) is 18.4 Å². The minimum atomic E-state index is 0.410. The van der Waals surface area contributed by atoms with Gasteiger partial charge in [-0.1, -0.05) is 18.1 Å². The molecule has 0 spiro atoms. The van der Waals surface area contributed by atoms with Crippen molar-refractivity contribution in [3.05, 3.63) is 11.6 Å². The normalized spacial score (nSPS) is 47.8. The van der Waals surface area contributed by atoms with Crippen LogP contribution in [-0.2, 0) is 4.79 Å². The van der Waals surface area contributed by atoms with Crippen molar-refractivity contribution in [3.63, 3.8) is 0 Å². The van der Waals surface area contributed by atoms with Crippen molar-refractivity contribution < 1.29 is 4.79 Å². The van der Waals surface area contributed by atoms with Gasteiger partial charge in [0.05, 0.1) is 0 Å². The summed E-state index contributed by atoms with van der Waals surface area (Å²) in [4.78, 5) is 12.0. The van der Waals surface area contributed by atoms with Crippen LogP contribution in [0.25, 0.3) is 0 Å². The van der Waals surface area contributed by atoms with Gasteiger partial charge in [0.2, 0.25) is 0 Å². The highest BCUT2D eigenvalue weighted by Crippen LogP contribution is 2.51. The third-order valence-corrected chi connectivity index (χ3v) is 4.35. The van der Waals surface area contributed by atoms with Gasteiger partial charge in [-0.2, -0.15) is 0 Å². The Kier molecular flexibility index (Phi) is 1.47. The molecular weight excluding hydrogens is 160 g/mol. The molecule has 0 aromatic heterocycles. The molecule has 2 fully saturated rings. The number of allylic oxidation sites excluding steroid dienone is 2. The quantitative estimate of drug-likeness (QED) is 0.518. The van der Waals surface area contributed by atoms with Crippen LogP contribution in [0.4, 0.5) is 0 Å². The van der Waals surface area contributed by atoms with Gasteiger partial charge in [0.1, 0.15) is 5.78 Å². The summed E-state index contributed by atoms with van der Waals surface area (Å²) in [5.74, 6) is 2.67. The molecule has 0 unspecified atom stereocenters. The highest BCUT2D eigenvalue weighted by Gasteiger charge is 2.48. The molecule has 70 valence electrons. The molecule has 4 atom stereocenters. The Hall–Kier alpha value is -0.590. The van der Waals surface area contributed by atoms with E-state index in [1.54, 1.807) is 0 Å². The summed E-state index contributed by atoms with van der Waals surface area (Å²) >= 11 is 0. The number of hydrogen-bond acceptors (Lipinski definition) is 1. The molecule has 0 heterocycles. The van der Waals surface area contributed by atoms with Crippen molar-refractivity contribution in [3.8, 4) is 0 Å². The molecule has 13 heavy (non-hydrogen) atoms. The zero-order valence-corrected chi connectivity index (χ0v) is 8.12. The molecule has 3 aliphatic rings. The highest BCUT2D eigenvalue weighted by atomic mass is 16.1. The SMILES string of the molecule is CC1=C[C@H]2C[C@@H]1[C@@H]1CCC[C@H]2C1=O. The van der Waals surface area contributed by atoms with Crippen molar-refractivity contribution in [2.24, 2.45) is 23.7 Å². The molecule has 0 saturated heterocycles. The summed E-state index contributed by atoms with van der Waals surface area (Å²) in [6.45, 7) is 2.22. The van der Waals surface area contributed by atoms with Gasteiger partial charge in [-0.25, -0.2) is 0 Å². The monoisotopic (exact) mass is 176 g/mol. The molecule has 1 heteroatoms. The van der Waals surface area contributed by atoms with Crippen LogP contribution in [-0.4, -0.2) is 5.78 Å². The van der Waals surface area contributed by atoms with E-state index >= 15 is 0 Å². The molecule has 0 amide bonds. The second-order valence-electron chi connectivity index (χ2n) is 4.96. The van der Waals surface area contributed by atoms with E-state index in [9.17, 15) is 4.79 Å². The fraction of sp³-hybridized carbons (Fsp3) is 0.750. The first-order chi connectivity index (χ1) is 6.27. The van der Waals surface area contributed by atoms with Gasteiger partial charge in [0, 0.05) is 11.8 Å². The summed E-state index contributed by atoms with van der Waals surface area (Å²) in [7, 11) is 0. The molecule has 1 nitrogen and oxygen atoms in total. The van der Waals surface area contributed by atoms with Gasteiger partial charge in [-0.05, 0) is 38.0 Å². The lowest BCUT2D eigenvalue weighted by Crippen LogP contribution is -2.40. The van der Waals surface area contributed by atoms with Gasteiger partial charge >= 0.3 is 0 Å². The Morgan fingerprint density at radius 3 is 2.85 bits per heavy atom. The molecule has 4 bridgehead atoms. The number of fused-ring (bicyclic) bond motifs is 6. The van der Waals surface area contributed by atoms with E-state index in [0.29, 0.717) is 29.5 Å². The molecule has 3 rings (SSSR count). The van der Waals surface area contributed by atoms with Crippen molar-refractivity contribution >= 4 is 5.78 Å². The molecule has 0 N–H and O–H groups in total. The molecular formula is C12H16O. The Morgan fingerprint density at radius 2 is 2.00 bits per heavy atom. The van der Waals surface area contributed by atoms with Crippen LogP contribution in [0.5, 0.6) is 0 Å². The van der Waals surface area contributed by atoms with Gasteiger partial charge in [-0.15, -0.1) is 0 Å². The van der Waals surface area contributed by atoms with E-state index in [0.717, 1.165) is 12.8 Å². The third kappa shape index (κ3) is 0.905. The summed E-state index contributed by atoms with van der Waals surface area (Å²) < 4.78 is 0. The van der Waals surface area contributed by atoms with Crippen LogP contribution >= 0.6 is 0 Å². The van der Waals surface area contributed by atoms with E-state index in [1.807, 2.05) is 0 Å². The van der Waals surface area contributed by atoms with Crippen LogP contribution in [0.2, 0.25) is 0 Å². The lowest BCUT2D eigenvalue weighted by atomic mass is 9.64. The topological polar surface area (TPSA) is 17.1 Å². The van der Waals surface area contributed by atoms with Gasteiger partial charge < -0.3 is 0 Å². The zero-order chi connectivity index (χ0) is 9.00. The minimum absolute atomic E-state index is 0.410. The number of carbonyl (C=O) groups excluding carboxylic acids is 1. The number of ketones is 1. The first-order valence-electron chi connectivity index (χ1n) is 5.49. The van der Waals surface area contributed by atoms with Crippen molar-refractivity contribution in [1.29, 1.82) is 0 Å². The fourth-order valence-electron chi connectivity index (χ4n) is 3.71. The highest BCUT2D eigenvalue weighted by molar-refractivity contribution is 5.86.